The number of aliphatic imine (C=N–C) groups is 1. The third-order valence-electron chi connectivity index (χ3n) is 5.06. The molecule has 0 saturated heterocycles. The van der Waals surface area contributed by atoms with E-state index >= 15 is 0 Å². The van der Waals surface area contributed by atoms with Crippen LogP contribution in [0.2, 0.25) is 0 Å². The molecule has 1 aliphatic rings. The Labute approximate surface area is 165 Å². The largest absolute Gasteiger partial charge is 0.445 e. The molecule has 0 aliphatic carbocycles. The van der Waals surface area contributed by atoms with Gasteiger partial charge in [0.05, 0.1) is 12.2 Å². The molecule has 0 radical (unpaired) electrons. The van der Waals surface area contributed by atoms with Crippen molar-refractivity contribution in [3.05, 3.63) is 70.8 Å². The van der Waals surface area contributed by atoms with Crippen LogP contribution in [0, 0.1) is 19.7 Å². The van der Waals surface area contributed by atoms with Gasteiger partial charge in [0.15, 0.2) is 11.6 Å². The first-order valence-electron chi connectivity index (χ1n) is 9.19. The molecule has 3 heterocycles. The normalized spacial score (nSPS) is 12.5. The first-order chi connectivity index (χ1) is 14.0. The zero-order valence-electron chi connectivity index (χ0n) is 15.8. The number of rotatable bonds is 3. The summed E-state index contributed by atoms with van der Waals surface area (Å²) in [5.41, 5.74) is 4.95. The number of fused-ring (bicyclic) bond motifs is 2. The second kappa shape index (κ2) is 6.41. The number of amides is 1. The lowest BCUT2D eigenvalue weighted by molar-refractivity contribution is 0.102. The van der Waals surface area contributed by atoms with Gasteiger partial charge in [-0.05, 0) is 53.9 Å². The van der Waals surface area contributed by atoms with Gasteiger partial charge in [-0.3, -0.25) is 9.79 Å². The number of carbonyl (C=O) groups excluding carboxylic acids is 1. The summed E-state index contributed by atoms with van der Waals surface area (Å²) in [6.07, 6.45) is 3.52. The molecule has 4 aromatic rings. The SMILES string of the molecule is Cc1nc(C(=O)Nc2cc(-c3cc(F)cc4[nH]ccc34)cc3c2C=NC3)c(C)o1. The number of benzene rings is 2. The van der Waals surface area contributed by atoms with Crippen LogP contribution in [0.5, 0.6) is 0 Å². The van der Waals surface area contributed by atoms with Gasteiger partial charge in [-0.15, -0.1) is 0 Å². The summed E-state index contributed by atoms with van der Waals surface area (Å²) in [7, 11) is 0. The molecule has 7 heteroatoms. The molecule has 0 unspecified atom stereocenters. The Hall–Kier alpha value is -3.74. The van der Waals surface area contributed by atoms with Crippen LogP contribution in [0.15, 0.2) is 45.9 Å². The van der Waals surface area contributed by atoms with Gasteiger partial charge in [-0.1, -0.05) is 0 Å². The average molecular weight is 388 g/mol. The minimum atomic E-state index is -0.356. The number of hydrogen-bond acceptors (Lipinski definition) is 4. The fourth-order valence-corrected chi connectivity index (χ4v) is 3.78. The first kappa shape index (κ1) is 17.4. The number of H-pyrrole nitrogens is 1. The highest BCUT2D eigenvalue weighted by Gasteiger charge is 2.21. The van der Waals surface area contributed by atoms with E-state index in [1.54, 1.807) is 26.3 Å². The first-order valence-corrected chi connectivity index (χ1v) is 9.19. The summed E-state index contributed by atoms with van der Waals surface area (Å²) in [4.78, 5) is 24.3. The number of nitrogens with zero attached hydrogens (tertiary/aromatic N) is 2. The predicted molar refractivity (Wildman–Crippen MR) is 109 cm³/mol. The summed E-state index contributed by atoms with van der Waals surface area (Å²) < 4.78 is 19.5. The lowest BCUT2D eigenvalue weighted by Gasteiger charge is -2.13. The summed E-state index contributed by atoms with van der Waals surface area (Å²) in [6, 6.07) is 8.72. The van der Waals surface area contributed by atoms with E-state index in [1.165, 1.54) is 12.1 Å². The lowest BCUT2D eigenvalue weighted by Crippen LogP contribution is -2.15. The Morgan fingerprint density at radius 3 is 2.90 bits per heavy atom. The van der Waals surface area contributed by atoms with Gasteiger partial charge in [0, 0.05) is 35.8 Å². The molecule has 1 amide bonds. The average Bonchev–Trinajstić information content (AvgIpc) is 3.40. The smallest absolute Gasteiger partial charge is 0.277 e. The van der Waals surface area contributed by atoms with Gasteiger partial charge < -0.3 is 14.7 Å². The maximum absolute atomic E-state index is 14.2. The maximum Gasteiger partial charge on any atom is 0.277 e. The quantitative estimate of drug-likeness (QED) is 0.531. The molecule has 1 aliphatic heterocycles. The van der Waals surface area contributed by atoms with Gasteiger partial charge in [-0.2, -0.15) is 0 Å². The van der Waals surface area contributed by atoms with Gasteiger partial charge in [0.2, 0.25) is 0 Å². The zero-order chi connectivity index (χ0) is 20.1. The zero-order valence-corrected chi connectivity index (χ0v) is 15.8. The second-order valence-corrected chi connectivity index (χ2v) is 7.05. The lowest BCUT2D eigenvalue weighted by atomic mass is 9.96. The molecular weight excluding hydrogens is 371 g/mol. The number of aryl methyl sites for hydroxylation is 2. The molecule has 5 rings (SSSR count). The second-order valence-electron chi connectivity index (χ2n) is 7.05. The Morgan fingerprint density at radius 2 is 2.10 bits per heavy atom. The fraction of sp³-hybridized carbons (Fsp3) is 0.136. The minimum absolute atomic E-state index is 0.246. The van der Waals surface area contributed by atoms with Crippen molar-refractivity contribution >= 4 is 28.7 Å². The van der Waals surface area contributed by atoms with Crippen LogP contribution >= 0.6 is 0 Å². The van der Waals surface area contributed by atoms with Crippen molar-refractivity contribution in [1.29, 1.82) is 0 Å². The molecule has 0 bridgehead atoms. The molecule has 2 aromatic carbocycles. The van der Waals surface area contributed by atoms with E-state index in [4.69, 9.17) is 4.42 Å². The van der Waals surface area contributed by atoms with E-state index in [0.29, 0.717) is 23.9 Å². The molecular formula is C22H17FN4O2. The topological polar surface area (TPSA) is 83.3 Å². The fourth-order valence-electron chi connectivity index (χ4n) is 3.78. The third kappa shape index (κ3) is 2.91. The van der Waals surface area contributed by atoms with Crippen LogP contribution in [0.25, 0.3) is 22.0 Å². The number of aromatic amines is 1. The predicted octanol–water partition coefficient (Wildman–Crippen LogP) is 4.76. The molecule has 2 N–H and O–H groups in total. The number of hydrogen-bond donors (Lipinski definition) is 2. The van der Waals surface area contributed by atoms with E-state index in [9.17, 15) is 9.18 Å². The standard InChI is InChI=1S/C22H17FN4O2/c1-11-21(26-12(2)29-11)22(28)27-20-6-13(5-14-9-24-10-18(14)20)17-7-15(23)8-19-16(17)3-4-25-19/h3-8,10,25H,9H2,1-2H3,(H,27,28). The summed E-state index contributed by atoms with van der Waals surface area (Å²) >= 11 is 0. The Morgan fingerprint density at radius 1 is 1.24 bits per heavy atom. The Balaban J connectivity index is 1.62. The van der Waals surface area contributed by atoms with Crippen molar-refractivity contribution in [2.24, 2.45) is 4.99 Å². The molecule has 6 nitrogen and oxygen atoms in total. The number of anilines is 1. The van der Waals surface area contributed by atoms with E-state index in [0.717, 1.165) is 33.2 Å². The van der Waals surface area contributed by atoms with Crippen LogP contribution in [0.1, 0.15) is 33.3 Å². The van der Waals surface area contributed by atoms with Gasteiger partial charge in [0.25, 0.3) is 5.91 Å². The number of oxazole rings is 1. The van der Waals surface area contributed by atoms with E-state index in [1.807, 2.05) is 18.2 Å². The van der Waals surface area contributed by atoms with Crippen molar-refractivity contribution in [3.8, 4) is 11.1 Å². The highest BCUT2D eigenvalue weighted by Crippen LogP contribution is 2.35. The van der Waals surface area contributed by atoms with Crippen molar-refractivity contribution in [1.82, 2.24) is 9.97 Å². The van der Waals surface area contributed by atoms with Crippen LogP contribution in [0.3, 0.4) is 0 Å². The van der Waals surface area contributed by atoms with Crippen LogP contribution in [0.4, 0.5) is 10.1 Å². The van der Waals surface area contributed by atoms with E-state index in [-0.39, 0.29) is 17.4 Å². The number of carbonyl (C=O) groups is 1. The molecule has 0 saturated carbocycles. The van der Waals surface area contributed by atoms with Crippen molar-refractivity contribution in [2.75, 3.05) is 5.32 Å². The molecule has 29 heavy (non-hydrogen) atoms. The molecule has 0 spiro atoms. The summed E-state index contributed by atoms with van der Waals surface area (Å²) in [6.45, 7) is 3.91. The Kier molecular flexibility index (Phi) is 3.84. The highest BCUT2D eigenvalue weighted by molar-refractivity contribution is 6.08. The number of nitrogens with one attached hydrogen (secondary N) is 2. The molecule has 0 fully saturated rings. The summed E-state index contributed by atoms with van der Waals surface area (Å²) in [5, 5.41) is 3.83. The van der Waals surface area contributed by atoms with Crippen LogP contribution in [-0.2, 0) is 6.54 Å². The van der Waals surface area contributed by atoms with E-state index in [2.05, 4.69) is 20.3 Å². The maximum atomic E-state index is 14.2. The minimum Gasteiger partial charge on any atom is -0.445 e. The van der Waals surface area contributed by atoms with Gasteiger partial charge >= 0.3 is 0 Å². The molecule has 144 valence electrons. The van der Waals surface area contributed by atoms with Gasteiger partial charge in [-0.25, -0.2) is 9.37 Å². The number of aromatic nitrogens is 2. The monoisotopic (exact) mass is 388 g/mol. The highest BCUT2D eigenvalue weighted by atomic mass is 19.1. The summed E-state index contributed by atoms with van der Waals surface area (Å²) in [5.74, 6) is 0.208. The van der Waals surface area contributed by atoms with Crippen LogP contribution < -0.4 is 5.32 Å². The third-order valence-corrected chi connectivity index (χ3v) is 5.06. The molecule has 0 atom stereocenters. The van der Waals surface area contributed by atoms with Crippen LogP contribution in [-0.4, -0.2) is 22.1 Å². The molecule has 2 aromatic heterocycles. The Bertz CT molecular complexity index is 1320. The van der Waals surface area contributed by atoms with Gasteiger partial charge in [0.1, 0.15) is 11.6 Å². The van der Waals surface area contributed by atoms with Crippen molar-refractivity contribution < 1.29 is 13.6 Å². The van der Waals surface area contributed by atoms with Crippen molar-refractivity contribution in [3.63, 3.8) is 0 Å². The number of halogens is 1. The van der Waals surface area contributed by atoms with Crippen molar-refractivity contribution in [2.45, 2.75) is 20.4 Å². The van der Waals surface area contributed by atoms with E-state index < -0.39 is 0 Å².